The zero-order chi connectivity index (χ0) is 22.0. The van der Waals surface area contributed by atoms with Gasteiger partial charge in [0.25, 0.3) is 5.91 Å². The molecule has 2 aromatic carbocycles. The molecule has 1 fully saturated rings. The Morgan fingerprint density at radius 2 is 1.77 bits per heavy atom. The fourth-order valence-corrected chi connectivity index (χ4v) is 4.50. The quantitative estimate of drug-likeness (QED) is 0.734. The molecule has 2 amide bonds. The van der Waals surface area contributed by atoms with E-state index in [4.69, 9.17) is 4.74 Å². The van der Waals surface area contributed by atoms with E-state index in [9.17, 15) is 9.59 Å². The molecule has 0 aromatic heterocycles. The van der Waals surface area contributed by atoms with Crippen LogP contribution >= 0.6 is 0 Å². The summed E-state index contributed by atoms with van der Waals surface area (Å²) in [6, 6.07) is 13.7. The first-order valence-corrected chi connectivity index (χ1v) is 11.3. The predicted octanol–water partition coefficient (Wildman–Crippen LogP) is 5.08. The highest BCUT2D eigenvalue weighted by molar-refractivity contribution is 5.98. The van der Waals surface area contributed by atoms with Gasteiger partial charge in [0.2, 0.25) is 5.91 Å². The van der Waals surface area contributed by atoms with Crippen LogP contribution in [0.3, 0.4) is 0 Å². The summed E-state index contributed by atoms with van der Waals surface area (Å²) in [7, 11) is 0. The van der Waals surface area contributed by atoms with Crippen molar-refractivity contribution in [3.63, 3.8) is 0 Å². The van der Waals surface area contributed by atoms with Gasteiger partial charge in [0.05, 0.1) is 0 Å². The summed E-state index contributed by atoms with van der Waals surface area (Å²) in [5.41, 5.74) is 4.15. The van der Waals surface area contributed by atoms with Gasteiger partial charge in [-0.3, -0.25) is 9.59 Å². The number of carbonyl (C=O) groups is 2. The van der Waals surface area contributed by atoms with E-state index in [1.165, 1.54) is 5.56 Å². The van der Waals surface area contributed by atoms with Gasteiger partial charge in [0.1, 0.15) is 5.75 Å². The normalized spacial score (nSPS) is 16.3. The van der Waals surface area contributed by atoms with Crippen LogP contribution in [0.25, 0.3) is 0 Å². The molecule has 0 unspecified atom stereocenters. The number of nitrogens with zero attached hydrogens (tertiary/aromatic N) is 1. The third kappa shape index (κ3) is 4.92. The third-order valence-corrected chi connectivity index (χ3v) is 6.32. The van der Waals surface area contributed by atoms with Crippen molar-refractivity contribution in [3.8, 4) is 5.75 Å². The molecular weight excluding hydrogens is 388 g/mol. The Hall–Kier alpha value is -2.82. The summed E-state index contributed by atoms with van der Waals surface area (Å²) in [5.74, 6) is 0.925. The van der Waals surface area contributed by atoms with Crippen LogP contribution in [0.1, 0.15) is 57.6 Å². The maximum Gasteiger partial charge on any atom is 0.262 e. The number of nitrogens with one attached hydrogen (secondary N) is 1. The Kier molecular flexibility index (Phi) is 6.03. The molecule has 1 saturated carbocycles. The first-order chi connectivity index (χ1) is 14.8. The molecule has 1 aliphatic carbocycles. The lowest BCUT2D eigenvalue weighted by Crippen LogP contribution is -2.33. The van der Waals surface area contributed by atoms with Crippen LogP contribution in [0.15, 0.2) is 42.5 Å². The Bertz CT molecular complexity index is 954. The van der Waals surface area contributed by atoms with Gasteiger partial charge < -0.3 is 15.0 Å². The Morgan fingerprint density at radius 3 is 2.45 bits per heavy atom. The lowest BCUT2D eigenvalue weighted by molar-refractivity contribution is -0.122. The minimum Gasteiger partial charge on any atom is -0.484 e. The molecule has 0 bridgehead atoms. The molecule has 5 heteroatoms. The van der Waals surface area contributed by atoms with Crippen LogP contribution < -0.4 is 15.0 Å². The predicted molar refractivity (Wildman–Crippen MR) is 124 cm³/mol. The van der Waals surface area contributed by atoms with E-state index in [-0.39, 0.29) is 29.8 Å². The maximum absolute atomic E-state index is 12.8. The molecule has 1 heterocycles. The van der Waals surface area contributed by atoms with E-state index in [0.29, 0.717) is 5.75 Å². The highest BCUT2D eigenvalue weighted by Gasteiger charge is 2.31. The molecule has 5 nitrogen and oxygen atoms in total. The summed E-state index contributed by atoms with van der Waals surface area (Å²) in [5, 5.41) is 2.91. The largest absolute Gasteiger partial charge is 0.484 e. The van der Waals surface area contributed by atoms with Crippen LogP contribution in [0.4, 0.5) is 11.4 Å². The molecule has 2 aromatic rings. The first-order valence-electron chi connectivity index (χ1n) is 11.3. The fourth-order valence-electron chi connectivity index (χ4n) is 4.50. The van der Waals surface area contributed by atoms with Crippen LogP contribution in [0.5, 0.6) is 5.75 Å². The molecule has 0 spiro atoms. The second-order valence-electron chi connectivity index (χ2n) is 9.68. The summed E-state index contributed by atoms with van der Waals surface area (Å²) in [6.07, 6.45) is 5.17. The number of ether oxygens (including phenoxy) is 1. The fraction of sp³-hybridized carbons (Fsp3) is 0.462. The summed E-state index contributed by atoms with van der Waals surface area (Å²) >= 11 is 0. The number of amides is 2. The highest BCUT2D eigenvalue weighted by Crippen LogP contribution is 2.35. The average Bonchev–Trinajstić information content (AvgIpc) is 3.41. The van der Waals surface area contributed by atoms with Gasteiger partial charge in [-0.1, -0.05) is 45.7 Å². The van der Waals surface area contributed by atoms with Crippen molar-refractivity contribution in [2.45, 2.75) is 58.3 Å². The van der Waals surface area contributed by atoms with Gasteiger partial charge in [0, 0.05) is 23.8 Å². The van der Waals surface area contributed by atoms with Gasteiger partial charge in [-0.15, -0.1) is 0 Å². The van der Waals surface area contributed by atoms with Crippen molar-refractivity contribution in [2.75, 3.05) is 23.4 Å². The maximum atomic E-state index is 12.8. The van der Waals surface area contributed by atoms with Crippen molar-refractivity contribution in [1.82, 2.24) is 0 Å². The molecule has 2 aliphatic rings. The summed E-state index contributed by atoms with van der Waals surface area (Å²) in [4.78, 5) is 27.1. The van der Waals surface area contributed by atoms with Crippen molar-refractivity contribution in [1.29, 1.82) is 0 Å². The van der Waals surface area contributed by atoms with Crippen molar-refractivity contribution < 1.29 is 14.3 Å². The SMILES string of the molecule is CC(C)(C)c1ccc(OCC(=O)Nc2ccc3c(c2)CCN3C(=O)C2CCCC2)cc1. The molecule has 4 rings (SSSR count). The van der Waals surface area contributed by atoms with E-state index in [0.717, 1.165) is 55.6 Å². The second-order valence-corrected chi connectivity index (χ2v) is 9.68. The van der Waals surface area contributed by atoms with E-state index in [1.807, 2.05) is 47.4 Å². The number of rotatable bonds is 5. The van der Waals surface area contributed by atoms with Crippen LogP contribution in [0.2, 0.25) is 0 Å². The Morgan fingerprint density at radius 1 is 1.06 bits per heavy atom. The van der Waals surface area contributed by atoms with Gasteiger partial charge in [0.15, 0.2) is 6.61 Å². The zero-order valence-corrected chi connectivity index (χ0v) is 18.7. The van der Waals surface area contributed by atoms with Gasteiger partial charge in [-0.05, 0) is 66.1 Å². The van der Waals surface area contributed by atoms with Crippen LogP contribution in [0, 0.1) is 5.92 Å². The number of benzene rings is 2. The van der Waals surface area contributed by atoms with E-state index in [1.54, 1.807) is 0 Å². The smallest absolute Gasteiger partial charge is 0.262 e. The second kappa shape index (κ2) is 8.74. The standard InChI is InChI=1S/C26H32N2O3/c1-26(2,3)20-8-11-22(12-9-20)31-17-24(29)27-21-10-13-23-19(16-21)14-15-28(23)25(30)18-6-4-5-7-18/h8-13,16,18H,4-7,14-15,17H2,1-3H3,(H,27,29). The Balaban J connectivity index is 1.33. The molecule has 1 N–H and O–H groups in total. The molecule has 164 valence electrons. The van der Waals surface area contributed by atoms with E-state index in [2.05, 4.69) is 26.1 Å². The van der Waals surface area contributed by atoms with Gasteiger partial charge in [-0.2, -0.15) is 0 Å². The lowest BCUT2D eigenvalue weighted by Gasteiger charge is -2.21. The zero-order valence-electron chi connectivity index (χ0n) is 18.7. The topological polar surface area (TPSA) is 58.6 Å². The molecule has 0 saturated heterocycles. The number of hydrogen-bond donors (Lipinski definition) is 1. The van der Waals surface area contributed by atoms with Gasteiger partial charge >= 0.3 is 0 Å². The number of carbonyl (C=O) groups excluding carboxylic acids is 2. The van der Waals surface area contributed by atoms with Gasteiger partial charge in [-0.25, -0.2) is 0 Å². The molecule has 31 heavy (non-hydrogen) atoms. The molecule has 1 aliphatic heterocycles. The lowest BCUT2D eigenvalue weighted by atomic mass is 9.87. The minimum atomic E-state index is -0.197. The average molecular weight is 421 g/mol. The van der Waals surface area contributed by atoms with E-state index >= 15 is 0 Å². The van der Waals surface area contributed by atoms with Crippen molar-refractivity contribution in [2.24, 2.45) is 5.92 Å². The molecule has 0 radical (unpaired) electrons. The first kappa shape index (κ1) is 21.4. The number of hydrogen-bond acceptors (Lipinski definition) is 3. The molecule has 0 atom stereocenters. The summed E-state index contributed by atoms with van der Waals surface area (Å²) < 4.78 is 5.64. The monoisotopic (exact) mass is 420 g/mol. The molecular formula is C26H32N2O3. The minimum absolute atomic E-state index is 0.0434. The van der Waals surface area contributed by atoms with Crippen molar-refractivity contribution in [3.05, 3.63) is 53.6 Å². The third-order valence-electron chi connectivity index (χ3n) is 6.32. The number of fused-ring (bicyclic) bond motifs is 1. The summed E-state index contributed by atoms with van der Waals surface area (Å²) in [6.45, 7) is 7.18. The Labute approximate surface area is 184 Å². The van der Waals surface area contributed by atoms with E-state index < -0.39 is 0 Å². The van der Waals surface area contributed by atoms with Crippen LogP contribution in [-0.2, 0) is 21.4 Å². The van der Waals surface area contributed by atoms with Crippen LogP contribution in [-0.4, -0.2) is 25.0 Å². The highest BCUT2D eigenvalue weighted by atomic mass is 16.5. The van der Waals surface area contributed by atoms with Crippen molar-refractivity contribution >= 4 is 23.2 Å². The number of anilines is 2.